The van der Waals surface area contributed by atoms with E-state index >= 15 is 0 Å². The minimum atomic E-state index is -3.78. The van der Waals surface area contributed by atoms with Crippen LogP contribution in [0.25, 0.3) is 0 Å². The number of benzene rings is 2. The number of morpholine rings is 1. The third-order valence-corrected chi connectivity index (χ3v) is 7.39. The van der Waals surface area contributed by atoms with Crippen molar-refractivity contribution in [3.05, 3.63) is 47.5 Å². The van der Waals surface area contributed by atoms with Crippen LogP contribution in [0.15, 0.2) is 41.3 Å². The zero-order chi connectivity index (χ0) is 24.0. The SMILES string of the molecule is COc1ccc(C(C)NC(=O)Cc2ccc(OC)c(S(=O)(=O)N3CCOCC3)c2)c(OC)c1. The molecule has 2 aromatic carbocycles. The van der Waals surface area contributed by atoms with Crippen molar-refractivity contribution in [2.45, 2.75) is 24.3 Å². The van der Waals surface area contributed by atoms with Gasteiger partial charge in [-0.15, -0.1) is 0 Å². The molecule has 1 unspecified atom stereocenters. The smallest absolute Gasteiger partial charge is 0.246 e. The van der Waals surface area contributed by atoms with Gasteiger partial charge < -0.3 is 24.3 Å². The van der Waals surface area contributed by atoms with Crippen LogP contribution in [-0.2, 0) is 26.0 Å². The molecule has 1 aliphatic heterocycles. The standard InChI is InChI=1S/C23H30N2O7S/c1-16(19-7-6-18(29-2)15-21(19)31-4)24-23(26)14-17-5-8-20(30-3)22(13-17)33(27,28)25-9-11-32-12-10-25/h5-8,13,15-16H,9-12,14H2,1-4H3,(H,24,26). The number of nitrogens with one attached hydrogen (secondary N) is 1. The van der Waals surface area contributed by atoms with Crippen LogP contribution in [-0.4, -0.2) is 66.3 Å². The molecule has 1 N–H and O–H groups in total. The Labute approximate surface area is 194 Å². The van der Waals surface area contributed by atoms with E-state index in [2.05, 4.69) is 5.32 Å². The molecule has 0 aliphatic carbocycles. The topological polar surface area (TPSA) is 103 Å². The van der Waals surface area contributed by atoms with E-state index in [1.54, 1.807) is 38.5 Å². The van der Waals surface area contributed by atoms with Crippen LogP contribution in [0, 0.1) is 0 Å². The molecule has 1 heterocycles. The highest BCUT2D eigenvalue weighted by atomic mass is 32.2. The fraction of sp³-hybridized carbons (Fsp3) is 0.435. The van der Waals surface area contributed by atoms with Crippen molar-refractivity contribution in [2.24, 2.45) is 0 Å². The first-order valence-corrected chi connectivity index (χ1v) is 12.0. The second kappa shape index (κ2) is 10.9. The molecule has 1 aliphatic rings. The van der Waals surface area contributed by atoms with Gasteiger partial charge in [0, 0.05) is 24.7 Å². The molecule has 1 saturated heterocycles. The number of amides is 1. The molecule has 1 fully saturated rings. The van der Waals surface area contributed by atoms with Crippen molar-refractivity contribution in [1.29, 1.82) is 0 Å². The predicted octanol–water partition coefficient (Wildman–Crippen LogP) is 2.15. The molecule has 9 nitrogen and oxygen atoms in total. The van der Waals surface area contributed by atoms with Gasteiger partial charge in [0.15, 0.2) is 0 Å². The monoisotopic (exact) mass is 478 g/mol. The summed E-state index contributed by atoms with van der Waals surface area (Å²) in [6.07, 6.45) is 0.0123. The minimum Gasteiger partial charge on any atom is -0.497 e. The van der Waals surface area contributed by atoms with Crippen LogP contribution in [0.4, 0.5) is 0 Å². The molecule has 0 aromatic heterocycles. The third-order valence-electron chi connectivity index (χ3n) is 5.47. The quantitative estimate of drug-likeness (QED) is 0.589. The number of methoxy groups -OCH3 is 3. The first kappa shape index (κ1) is 24.8. The molecule has 0 spiro atoms. The zero-order valence-corrected chi connectivity index (χ0v) is 20.1. The molecule has 3 rings (SSSR count). The Morgan fingerprint density at radius 2 is 1.73 bits per heavy atom. The predicted molar refractivity (Wildman–Crippen MR) is 122 cm³/mol. The summed E-state index contributed by atoms with van der Waals surface area (Å²) in [4.78, 5) is 12.8. The number of sulfonamides is 1. The first-order chi connectivity index (χ1) is 15.8. The van der Waals surface area contributed by atoms with E-state index in [1.807, 2.05) is 13.0 Å². The maximum atomic E-state index is 13.2. The van der Waals surface area contributed by atoms with Crippen LogP contribution in [0.3, 0.4) is 0 Å². The van der Waals surface area contributed by atoms with Gasteiger partial charge in [-0.25, -0.2) is 8.42 Å². The van der Waals surface area contributed by atoms with Gasteiger partial charge in [-0.2, -0.15) is 4.31 Å². The molecule has 0 saturated carbocycles. The lowest BCUT2D eigenvalue weighted by Crippen LogP contribution is -2.40. The van der Waals surface area contributed by atoms with Crippen molar-refractivity contribution < 1.29 is 32.2 Å². The number of nitrogens with zero attached hydrogens (tertiary/aromatic N) is 1. The Morgan fingerprint density at radius 1 is 1.03 bits per heavy atom. The highest BCUT2D eigenvalue weighted by Gasteiger charge is 2.29. The van der Waals surface area contributed by atoms with Crippen LogP contribution in [0.5, 0.6) is 17.2 Å². The fourth-order valence-electron chi connectivity index (χ4n) is 3.69. The van der Waals surface area contributed by atoms with Gasteiger partial charge in [0.2, 0.25) is 15.9 Å². The van der Waals surface area contributed by atoms with E-state index in [-0.39, 0.29) is 42.1 Å². The van der Waals surface area contributed by atoms with Crippen molar-refractivity contribution >= 4 is 15.9 Å². The average molecular weight is 479 g/mol. The van der Waals surface area contributed by atoms with E-state index in [0.29, 0.717) is 30.3 Å². The first-order valence-electron chi connectivity index (χ1n) is 10.6. The normalized spacial score (nSPS) is 15.5. The number of rotatable bonds is 9. The number of carbonyl (C=O) groups is 1. The van der Waals surface area contributed by atoms with E-state index in [4.69, 9.17) is 18.9 Å². The molecule has 1 amide bonds. The number of ether oxygens (including phenoxy) is 4. The van der Waals surface area contributed by atoms with Gasteiger partial charge in [0.1, 0.15) is 22.1 Å². The molecular formula is C23H30N2O7S. The van der Waals surface area contributed by atoms with Gasteiger partial charge in [0.05, 0.1) is 47.0 Å². The lowest BCUT2D eigenvalue weighted by atomic mass is 10.1. The number of hydrogen-bond acceptors (Lipinski definition) is 7. The second-order valence-corrected chi connectivity index (χ2v) is 9.48. The largest absolute Gasteiger partial charge is 0.497 e. The summed E-state index contributed by atoms with van der Waals surface area (Å²) in [6, 6.07) is 9.83. The maximum Gasteiger partial charge on any atom is 0.246 e. The summed E-state index contributed by atoms with van der Waals surface area (Å²) < 4.78 is 48.9. The molecule has 33 heavy (non-hydrogen) atoms. The Hall–Kier alpha value is -2.82. The number of hydrogen-bond donors (Lipinski definition) is 1. The lowest BCUT2D eigenvalue weighted by Gasteiger charge is -2.26. The third kappa shape index (κ3) is 5.76. The summed E-state index contributed by atoms with van der Waals surface area (Å²) in [5, 5.41) is 2.94. The highest BCUT2D eigenvalue weighted by molar-refractivity contribution is 7.89. The average Bonchev–Trinajstić information content (AvgIpc) is 2.83. The summed E-state index contributed by atoms with van der Waals surface area (Å²) >= 11 is 0. The van der Waals surface area contributed by atoms with Gasteiger partial charge in [0.25, 0.3) is 0 Å². The van der Waals surface area contributed by atoms with Crippen molar-refractivity contribution in [3.8, 4) is 17.2 Å². The molecule has 0 bridgehead atoms. The van der Waals surface area contributed by atoms with Crippen molar-refractivity contribution in [1.82, 2.24) is 9.62 Å². The molecule has 10 heteroatoms. The summed E-state index contributed by atoms with van der Waals surface area (Å²) in [5.41, 5.74) is 1.37. The minimum absolute atomic E-state index is 0.0123. The molecule has 0 radical (unpaired) electrons. The fourth-order valence-corrected chi connectivity index (χ4v) is 5.30. The van der Waals surface area contributed by atoms with Gasteiger partial charge in [-0.05, 0) is 36.8 Å². The molecule has 1 atom stereocenters. The second-order valence-electron chi connectivity index (χ2n) is 7.58. The van der Waals surface area contributed by atoms with Crippen molar-refractivity contribution in [2.75, 3.05) is 47.6 Å². The van der Waals surface area contributed by atoms with E-state index in [0.717, 1.165) is 5.56 Å². The Bertz CT molecular complexity index is 1080. The molecule has 2 aromatic rings. The van der Waals surface area contributed by atoms with Crippen LogP contribution >= 0.6 is 0 Å². The Kier molecular flexibility index (Phi) is 8.17. The van der Waals surface area contributed by atoms with Crippen LogP contribution in [0.2, 0.25) is 0 Å². The molecule has 180 valence electrons. The summed E-state index contributed by atoms with van der Waals surface area (Å²) in [6.45, 7) is 3.09. The lowest BCUT2D eigenvalue weighted by molar-refractivity contribution is -0.121. The van der Waals surface area contributed by atoms with Crippen LogP contribution < -0.4 is 19.5 Å². The Balaban J connectivity index is 1.77. The van der Waals surface area contributed by atoms with E-state index in [9.17, 15) is 13.2 Å². The number of carbonyl (C=O) groups excluding carboxylic acids is 1. The Morgan fingerprint density at radius 3 is 2.36 bits per heavy atom. The van der Waals surface area contributed by atoms with E-state index in [1.165, 1.54) is 17.5 Å². The van der Waals surface area contributed by atoms with Gasteiger partial charge in [-0.1, -0.05) is 6.07 Å². The van der Waals surface area contributed by atoms with Crippen LogP contribution in [0.1, 0.15) is 24.1 Å². The highest BCUT2D eigenvalue weighted by Crippen LogP contribution is 2.30. The van der Waals surface area contributed by atoms with Gasteiger partial charge >= 0.3 is 0 Å². The zero-order valence-electron chi connectivity index (χ0n) is 19.3. The summed E-state index contributed by atoms with van der Waals surface area (Å²) in [7, 11) is 0.772. The maximum absolute atomic E-state index is 13.2. The van der Waals surface area contributed by atoms with Gasteiger partial charge in [-0.3, -0.25) is 4.79 Å². The molecular weight excluding hydrogens is 448 g/mol. The summed E-state index contributed by atoms with van der Waals surface area (Å²) in [5.74, 6) is 1.24. The van der Waals surface area contributed by atoms with Crippen molar-refractivity contribution in [3.63, 3.8) is 0 Å². The van der Waals surface area contributed by atoms with E-state index < -0.39 is 10.0 Å².